The molecule has 0 spiro atoms. The first kappa shape index (κ1) is 17.0. The summed E-state index contributed by atoms with van der Waals surface area (Å²) in [4.78, 5) is 26.1. The standard InChI is InChI=1S/C20H22N2O3/c1-15(21-20(24)16-8-4-2-5-9-16)12-19(23)22-13-18(14-22)25-17-10-6-3-7-11-17/h2-11,15,18H,12-14H2,1H3,(H,21,24)/t15-/m1/s1. The molecule has 1 fully saturated rings. The largest absolute Gasteiger partial charge is 0.487 e. The minimum absolute atomic E-state index is 0.0359. The van der Waals surface area contributed by atoms with Crippen LogP contribution in [0, 0.1) is 0 Å². The zero-order valence-electron chi connectivity index (χ0n) is 14.2. The van der Waals surface area contributed by atoms with Gasteiger partial charge in [0.1, 0.15) is 11.9 Å². The van der Waals surface area contributed by atoms with Crippen molar-refractivity contribution >= 4 is 11.8 Å². The molecule has 0 unspecified atom stereocenters. The Morgan fingerprint density at radius 1 is 1.08 bits per heavy atom. The van der Waals surface area contributed by atoms with Gasteiger partial charge in [-0.25, -0.2) is 0 Å². The number of likely N-dealkylation sites (tertiary alicyclic amines) is 1. The number of hydrogen-bond acceptors (Lipinski definition) is 3. The molecule has 2 aromatic rings. The lowest BCUT2D eigenvalue weighted by molar-refractivity contribution is -0.140. The maximum Gasteiger partial charge on any atom is 0.251 e. The number of carbonyl (C=O) groups is 2. The number of benzene rings is 2. The van der Waals surface area contributed by atoms with Gasteiger partial charge in [-0.1, -0.05) is 36.4 Å². The second-order valence-corrected chi connectivity index (χ2v) is 6.30. The Balaban J connectivity index is 1.40. The van der Waals surface area contributed by atoms with E-state index in [9.17, 15) is 9.59 Å². The second-order valence-electron chi connectivity index (χ2n) is 6.30. The molecule has 1 N–H and O–H groups in total. The van der Waals surface area contributed by atoms with E-state index in [0.29, 0.717) is 18.7 Å². The third kappa shape index (κ3) is 4.59. The van der Waals surface area contributed by atoms with Crippen molar-refractivity contribution < 1.29 is 14.3 Å². The van der Waals surface area contributed by atoms with Crippen molar-refractivity contribution in [1.82, 2.24) is 10.2 Å². The topological polar surface area (TPSA) is 58.6 Å². The smallest absolute Gasteiger partial charge is 0.251 e. The Labute approximate surface area is 147 Å². The fourth-order valence-electron chi connectivity index (χ4n) is 2.75. The van der Waals surface area contributed by atoms with Crippen LogP contribution in [0.5, 0.6) is 5.75 Å². The van der Waals surface area contributed by atoms with Gasteiger partial charge in [0.2, 0.25) is 5.91 Å². The molecule has 2 amide bonds. The van der Waals surface area contributed by atoms with Gasteiger partial charge < -0.3 is 15.0 Å². The summed E-state index contributed by atoms with van der Waals surface area (Å²) in [6.45, 7) is 3.02. The number of nitrogens with zero attached hydrogens (tertiary/aromatic N) is 1. The fourth-order valence-corrected chi connectivity index (χ4v) is 2.75. The van der Waals surface area contributed by atoms with Crippen LogP contribution in [-0.4, -0.2) is 41.9 Å². The molecule has 1 atom stereocenters. The van der Waals surface area contributed by atoms with Crippen LogP contribution in [0.2, 0.25) is 0 Å². The van der Waals surface area contributed by atoms with Gasteiger partial charge >= 0.3 is 0 Å². The average molecular weight is 338 g/mol. The molecule has 2 aromatic carbocycles. The van der Waals surface area contributed by atoms with Gasteiger partial charge in [-0.15, -0.1) is 0 Å². The number of ether oxygens (including phenoxy) is 1. The predicted molar refractivity (Wildman–Crippen MR) is 95.4 cm³/mol. The SMILES string of the molecule is C[C@H](CC(=O)N1CC(Oc2ccccc2)C1)NC(=O)c1ccccc1. The van der Waals surface area contributed by atoms with Crippen molar-refractivity contribution in [2.75, 3.05) is 13.1 Å². The molecule has 5 heteroatoms. The van der Waals surface area contributed by atoms with Crippen molar-refractivity contribution in [2.24, 2.45) is 0 Å². The Bertz CT molecular complexity index is 712. The third-order valence-corrected chi connectivity index (χ3v) is 4.14. The van der Waals surface area contributed by atoms with E-state index in [1.165, 1.54) is 0 Å². The highest BCUT2D eigenvalue weighted by Crippen LogP contribution is 2.18. The summed E-state index contributed by atoms with van der Waals surface area (Å²) in [5.74, 6) is 0.701. The van der Waals surface area contributed by atoms with Crippen molar-refractivity contribution in [2.45, 2.75) is 25.5 Å². The van der Waals surface area contributed by atoms with Gasteiger partial charge in [0.15, 0.2) is 0 Å². The number of carbonyl (C=O) groups excluding carboxylic acids is 2. The number of rotatable bonds is 6. The highest BCUT2D eigenvalue weighted by molar-refractivity contribution is 5.94. The van der Waals surface area contributed by atoms with E-state index in [1.54, 1.807) is 17.0 Å². The van der Waals surface area contributed by atoms with Crippen LogP contribution in [0.1, 0.15) is 23.7 Å². The van der Waals surface area contributed by atoms with Crippen LogP contribution in [0.25, 0.3) is 0 Å². The summed E-state index contributed by atoms with van der Waals surface area (Å²) in [5, 5.41) is 2.86. The first-order valence-electron chi connectivity index (χ1n) is 8.47. The lowest BCUT2D eigenvalue weighted by atomic mass is 10.1. The van der Waals surface area contributed by atoms with Gasteiger partial charge in [-0.2, -0.15) is 0 Å². The molecule has 1 saturated heterocycles. The molecule has 1 aliphatic heterocycles. The number of hydrogen-bond donors (Lipinski definition) is 1. The van der Waals surface area contributed by atoms with Crippen LogP contribution in [0.15, 0.2) is 60.7 Å². The molecule has 0 bridgehead atoms. The fraction of sp³-hybridized carbons (Fsp3) is 0.300. The quantitative estimate of drug-likeness (QED) is 0.880. The Hall–Kier alpha value is -2.82. The van der Waals surface area contributed by atoms with Crippen molar-refractivity contribution in [3.8, 4) is 5.75 Å². The van der Waals surface area contributed by atoms with Crippen LogP contribution in [0.4, 0.5) is 0 Å². The van der Waals surface area contributed by atoms with Crippen LogP contribution in [0.3, 0.4) is 0 Å². The zero-order valence-corrected chi connectivity index (χ0v) is 14.2. The van der Waals surface area contributed by atoms with Gasteiger partial charge in [-0.05, 0) is 31.2 Å². The summed E-state index contributed by atoms with van der Waals surface area (Å²) in [6.07, 6.45) is 0.331. The summed E-state index contributed by atoms with van der Waals surface area (Å²) in [7, 11) is 0. The molecule has 0 aliphatic carbocycles. The Morgan fingerprint density at radius 3 is 2.32 bits per heavy atom. The molecule has 1 aliphatic rings. The van der Waals surface area contributed by atoms with Gasteiger partial charge in [0.05, 0.1) is 13.1 Å². The number of nitrogens with one attached hydrogen (secondary N) is 1. The average Bonchev–Trinajstić information content (AvgIpc) is 2.59. The van der Waals surface area contributed by atoms with Crippen LogP contribution >= 0.6 is 0 Å². The molecular formula is C20H22N2O3. The monoisotopic (exact) mass is 338 g/mol. The van der Waals surface area contributed by atoms with Crippen molar-refractivity contribution in [1.29, 1.82) is 0 Å². The highest BCUT2D eigenvalue weighted by atomic mass is 16.5. The molecule has 130 valence electrons. The van der Waals surface area contributed by atoms with Crippen LogP contribution < -0.4 is 10.1 Å². The van der Waals surface area contributed by atoms with E-state index in [2.05, 4.69) is 5.32 Å². The zero-order chi connectivity index (χ0) is 17.6. The van der Waals surface area contributed by atoms with Gasteiger partial charge in [0.25, 0.3) is 5.91 Å². The summed E-state index contributed by atoms with van der Waals surface area (Å²) >= 11 is 0. The van der Waals surface area contributed by atoms with Crippen molar-refractivity contribution in [3.63, 3.8) is 0 Å². The van der Waals surface area contributed by atoms with E-state index >= 15 is 0 Å². The van der Waals surface area contributed by atoms with E-state index < -0.39 is 0 Å². The highest BCUT2D eigenvalue weighted by Gasteiger charge is 2.32. The van der Waals surface area contributed by atoms with Crippen LogP contribution in [-0.2, 0) is 4.79 Å². The molecular weight excluding hydrogens is 316 g/mol. The summed E-state index contributed by atoms with van der Waals surface area (Å²) < 4.78 is 5.79. The number of para-hydroxylation sites is 1. The van der Waals surface area contributed by atoms with Gasteiger partial charge in [0, 0.05) is 18.0 Å². The third-order valence-electron chi connectivity index (χ3n) is 4.14. The molecule has 0 radical (unpaired) electrons. The normalized spacial score (nSPS) is 15.2. The maximum atomic E-state index is 12.3. The first-order valence-corrected chi connectivity index (χ1v) is 8.47. The Morgan fingerprint density at radius 2 is 1.68 bits per heavy atom. The molecule has 25 heavy (non-hydrogen) atoms. The molecule has 1 heterocycles. The summed E-state index contributed by atoms with van der Waals surface area (Å²) in [6, 6.07) is 18.4. The number of amides is 2. The first-order chi connectivity index (χ1) is 12.1. The molecule has 5 nitrogen and oxygen atoms in total. The molecule has 0 saturated carbocycles. The molecule has 0 aromatic heterocycles. The lowest BCUT2D eigenvalue weighted by Crippen LogP contribution is -2.57. The lowest BCUT2D eigenvalue weighted by Gasteiger charge is -2.39. The maximum absolute atomic E-state index is 12.3. The second kappa shape index (κ2) is 7.83. The van der Waals surface area contributed by atoms with E-state index in [-0.39, 0.29) is 30.4 Å². The van der Waals surface area contributed by atoms with E-state index in [0.717, 1.165) is 5.75 Å². The van der Waals surface area contributed by atoms with E-state index in [1.807, 2.05) is 55.5 Å². The minimum atomic E-state index is -0.214. The molecule has 3 rings (SSSR count). The minimum Gasteiger partial charge on any atom is -0.487 e. The van der Waals surface area contributed by atoms with Gasteiger partial charge in [-0.3, -0.25) is 9.59 Å². The Kier molecular flexibility index (Phi) is 5.33. The predicted octanol–water partition coefficient (Wildman–Crippen LogP) is 2.48. The van der Waals surface area contributed by atoms with Crippen molar-refractivity contribution in [3.05, 3.63) is 66.2 Å². The van der Waals surface area contributed by atoms with E-state index in [4.69, 9.17) is 4.74 Å². The summed E-state index contributed by atoms with van der Waals surface area (Å²) in [5.41, 5.74) is 0.599.